The molecule has 0 spiro atoms. The molecule has 4 aliphatic rings. The van der Waals surface area contributed by atoms with Gasteiger partial charge >= 0.3 is 12.0 Å². The number of amides is 2. The van der Waals surface area contributed by atoms with Gasteiger partial charge in [0, 0.05) is 12.1 Å². The van der Waals surface area contributed by atoms with Gasteiger partial charge in [0.1, 0.15) is 0 Å². The van der Waals surface area contributed by atoms with Crippen molar-refractivity contribution in [3.8, 4) is 0 Å². The lowest BCUT2D eigenvalue weighted by Crippen LogP contribution is -2.61. The molecule has 4 aliphatic carbocycles. The molecule has 134 valence electrons. The smallest absolute Gasteiger partial charge is 0.366 e. The van der Waals surface area contributed by atoms with Gasteiger partial charge in [-0.1, -0.05) is 0 Å². The molecule has 6 heteroatoms. The summed E-state index contributed by atoms with van der Waals surface area (Å²) in [7, 11) is 0. The van der Waals surface area contributed by atoms with E-state index in [1.165, 1.54) is 19.3 Å². The highest BCUT2D eigenvalue weighted by Crippen LogP contribution is 2.55. The van der Waals surface area contributed by atoms with Gasteiger partial charge in [-0.3, -0.25) is 0 Å². The standard InChI is InChI=1S/C18H27FN2O3/c1-2-24-16(22)15(19)4-3-5-20-17(23)21-18-9-12-6-13(10-18)8-14(7-12)11-18/h4,12-14H,2-3,5-11H2,1H3,(H2,20,21,23)/b15-4-. The molecular formula is C18H27FN2O3. The highest BCUT2D eigenvalue weighted by atomic mass is 19.1. The molecule has 0 radical (unpaired) electrons. The van der Waals surface area contributed by atoms with Crippen molar-refractivity contribution in [2.45, 2.75) is 57.4 Å². The summed E-state index contributed by atoms with van der Waals surface area (Å²) in [6, 6.07) is -0.179. The number of carbonyl (C=O) groups is 2. The van der Waals surface area contributed by atoms with E-state index in [4.69, 9.17) is 0 Å². The Morgan fingerprint density at radius 1 is 1.17 bits per heavy atom. The number of urea groups is 1. The number of hydrogen-bond donors (Lipinski definition) is 2. The largest absolute Gasteiger partial charge is 0.461 e. The molecule has 4 saturated carbocycles. The fourth-order valence-electron chi connectivity index (χ4n) is 5.22. The minimum atomic E-state index is -0.949. The zero-order chi connectivity index (χ0) is 17.2. The lowest BCUT2D eigenvalue weighted by Gasteiger charge is -2.56. The Balaban J connectivity index is 1.42. The third-order valence-corrected chi connectivity index (χ3v) is 5.64. The van der Waals surface area contributed by atoms with Crippen LogP contribution >= 0.6 is 0 Å². The van der Waals surface area contributed by atoms with Gasteiger partial charge in [-0.15, -0.1) is 0 Å². The number of hydrogen-bond acceptors (Lipinski definition) is 3. The minimum Gasteiger partial charge on any atom is -0.461 e. The topological polar surface area (TPSA) is 67.4 Å². The first kappa shape index (κ1) is 17.2. The van der Waals surface area contributed by atoms with Crippen molar-refractivity contribution in [1.29, 1.82) is 0 Å². The molecular weight excluding hydrogens is 311 g/mol. The Morgan fingerprint density at radius 3 is 2.29 bits per heavy atom. The second kappa shape index (κ2) is 7.11. The van der Waals surface area contributed by atoms with E-state index in [-0.39, 0.29) is 24.6 Å². The molecule has 0 unspecified atom stereocenters. The zero-order valence-corrected chi connectivity index (χ0v) is 14.3. The Morgan fingerprint density at radius 2 is 1.75 bits per heavy atom. The van der Waals surface area contributed by atoms with Crippen LogP contribution in [-0.2, 0) is 9.53 Å². The lowest BCUT2D eigenvalue weighted by atomic mass is 9.53. The van der Waals surface area contributed by atoms with Crippen LogP contribution in [0.25, 0.3) is 0 Å². The highest BCUT2D eigenvalue weighted by molar-refractivity contribution is 5.85. The normalized spacial score (nSPS) is 34.1. The predicted molar refractivity (Wildman–Crippen MR) is 87.9 cm³/mol. The minimum absolute atomic E-state index is 0.0230. The molecule has 24 heavy (non-hydrogen) atoms. The molecule has 0 atom stereocenters. The molecule has 0 aliphatic heterocycles. The molecule has 2 N–H and O–H groups in total. The predicted octanol–water partition coefficient (Wildman–Crippen LogP) is 3.06. The molecule has 0 aromatic rings. The molecule has 4 rings (SSSR count). The number of nitrogens with one attached hydrogen (secondary N) is 2. The summed E-state index contributed by atoms with van der Waals surface area (Å²) < 4.78 is 17.9. The van der Waals surface area contributed by atoms with Gasteiger partial charge in [-0.05, 0) is 75.7 Å². The van der Waals surface area contributed by atoms with Crippen molar-refractivity contribution >= 4 is 12.0 Å². The van der Waals surface area contributed by atoms with Gasteiger partial charge in [0.2, 0.25) is 5.83 Å². The summed E-state index contributed by atoms with van der Waals surface area (Å²) in [6.45, 7) is 2.07. The SMILES string of the molecule is CCOC(=O)/C(F)=C/CCNC(=O)NC12CC3CC(CC(C3)C1)C2. The quantitative estimate of drug-likeness (QED) is 0.444. The van der Waals surface area contributed by atoms with Gasteiger partial charge in [0.25, 0.3) is 0 Å². The molecule has 4 bridgehead atoms. The first-order valence-corrected chi connectivity index (χ1v) is 9.08. The van der Waals surface area contributed by atoms with Gasteiger partial charge in [0.05, 0.1) is 6.61 Å². The number of carbonyl (C=O) groups excluding carboxylic acids is 2. The summed E-state index contributed by atoms with van der Waals surface area (Å²) in [4.78, 5) is 23.3. The summed E-state index contributed by atoms with van der Waals surface area (Å²) in [5.41, 5.74) is -0.0230. The van der Waals surface area contributed by atoms with Crippen LogP contribution < -0.4 is 10.6 Å². The van der Waals surface area contributed by atoms with E-state index in [9.17, 15) is 14.0 Å². The van der Waals surface area contributed by atoms with E-state index in [1.54, 1.807) is 6.92 Å². The summed E-state index contributed by atoms with van der Waals surface area (Å²) in [5.74, 6) is 0.477. The van der Waals surface area contributed by atoms with Crippen LogP contribution in [0.3, 0.4) is 0 Å². The number of esters is 1. The third kappa shape index (κ3) is 3.90. The summed E-state index contributed by atoms with van der Waals surface area (Å²) >= 11 is 0. The van der Waals surface area contributed by atoms with E-state index >= 15 is 0 Å². The van der Waals surface area contributed by atoms with E-state index in [2.05, 4.69) is 15.4 Å². The number of rotatable bonds is 6. The van der Waals surface area contributed by atoms with Crippen LogP contribution in [0.2, 0.25) is 0 Å². The monoisotopic (exact) mass is 338 g/mol. The Bertz CT molecular complexity index is 497. The van der Waals surface area contributed by atoms with Gasteiger partial charge in [-0.2, -0.15) is 4.39 Å². The lowest BCUT2D eigenvalue weighted by molar-refractivity contribution is -0.140. The van der Waals surface area contributed by atoms with Crippen molar-refractivity contribution in [2.24, 2.45) is 17.8 Å². The van der Waals surface area contributed by atoms with Gasteiger partial charge in [-0.25, -0.2) is 9.59 Å². The highest BCUT2D eigenvalue weighted by Gasteiger charge is 2.51. The van der Waals surface area contributed by atoms with E-state index < -0.39 is 11.8 Å². The average Bonchev–Trinajstić information content (AvgIpc) is 2.49. The van der Waals surface area contributed by atoms with Gasteiger partial charge in [0.15, 0.2) is 0 Å². The fourth-order valence-corrected chi connectivity index (χ4v) is 5.22. The van der Waals surface area contributed by atoms with Crippen molar-refractivity contribution in [1.82, 2.24) is 10.6 Å². The second-order valence-electron chi connectivity index (χ2n) is 7.64. The number of ether oxygens (including phenoxy) is 1. The molecule has 0 aromatic heterocycles. The zero-order valence-electron chi connectivity index (χ0n) is 14.3. The van der Waals surface area contributed by atoms with Crippen LogP contribution in [0.5, 0.6) is 0 Å². The maximum atomic E-state index is 13.4. The molecule has 0 heterocycles. The maximum absolute atomic E-state index is 13.4. The average molecular weight is 338 g/mol. The summed E-state index contributed by atoms with van der Waals surface area (Å²) in [5, 5.41) is 5.97. The van der Waals surface area contributed by atoms with Crippen molar-refractivity contribution < 1.29 is 18.7 Å². The Labute approximate surface area is 142 Å². The van der Waals surface area contributed by atoms with E-state index in [0.29, 0.717) is 6.54 Å². The van der Waals surface area contributed by atoms with Crippen LogP contribution in [0.1, 0.15) is 51.9 Å². The van der Waals surface area contributed by atoms with Crippen molar-refractivity contribution in [3.05, 3.63) is 11.9 Å². The van der Waals surface area contributed by atoms with Crippen molar-refractivity contribution in [2.75, 3.05) is 13.2 Å². The first-order chi connectivity index (χ1) is 11.5. The van der Waals surface area contributed by atoms with Crippen molar-refractivity contribution in [3.63, 3.8) is 0 Å². The molecule has 0 aromatic carbocycles. The molecule has 5 nitrogen and oxygen atoms in total. The van der Waals surface area contributed by atoms with E-state index in [0.717, 1.165) is 43.1 Å². The summed E-state index contributed by atoms with van der Waals surface area (Å²) in [6.07, 6.45) is 8.72. The van der Waals surface area contributed by atoms with Gasteiger partial charge < -0.3 is 15.4 Å². The van der Waals surface area contributed by atoms with Crippen LogP contribution in [0.4, 0.5) is 9.18 Å². The third-order valence-electron chi connectivity index (χ3n) is 5.64. The molecule has 2 amide bonds. The Hall–Kier alpha value is -1.59. The van der Waals surface area contributed by atoms with Crippen LogP contribution in [0.15, 0.2) is 11.9 Å². The van der Waals surface area contributed by atoms with Crippen LogP contribution in [0, 0.1) is 17.8 Å². The number of halogens is 1. The van der Waals surface area contributed by atoms with E-state index in [1.807, 2.05) is 0 Å². The maximum Gasteiger partial charge on any atom is 0.366 e. The Kier molecular flexibility index (Phi) is 5.11. The molecule has 4 fully saturated rings. The fraction of sp³-hybridized carbons (Fsp3) is 0.778. The van der Waals surface area contributed by atoms with Crippen LogP contribution in [-0.4, -0.2) is 30.7 Å². The second-order valence-corrected chi connectivity index (χ2v) is 7.64. The first-order valence-electron chi connectivity index (χ1n) is 9.08. The molecule has 0 saturated heterocycles.